The molecular weight excluding hydrogens is 427 g/mol. The van der Waals surface area contributed by atoms with Crippen molar-refractivity contribution in [2.24, 2.45) is 5.92 Å². The quantitative estimate of drug-likeness (QED) is 0.482. The molecule has 0 spiro atoms. The predicted octanol–water partition coefficient (Wildman–Crippen LogP) is 6.45. The third-order valence-electron chi connectivity index (χ3n) is 6.96. The van der Waals surface area contributed by atoms with Crippen molar-refractivity contribution >= 4 is 23.2 Å². The van der Waals surface area contributed by atoms with E-state index in [9.17, 15) is 5.11 Å². The van der Waals surface area contributed by atoms with E-state index in [1.165, 1.54) is 0 Å². The zero-order valence-corrected chi connectivity index (χ0v) is 18.8. The molecule has 2 saturated heterocycles. The summed E-state index contributed by atoms with van der Waals surface area (Å²) in [5.74, 6) is 0.210. The summed E-state index contributed by atoms with van der Waals surface area (Å²) in [7, 11) is 0. The van der Waals surface area contributed by atoms with Gasteiger partial charge in [0.05, 0.1) is 17.8 Å². The SMILES string of the molecule is OC(c1ccccn1)C1CC2CCC(C1)N2C(c1ccccc1Cl)c1ccccc1Cl. The highest BCUT2D eigenvalue weighted by Gasteiger charge is 2.47. The van der Waals surface area contributed by atoms with Crippen molar-refractivity contribution in [1.82, 2.24) is 9.88 Å². The molecule has 2 aromatic carbocycles. The number of nitrogens with zero attached hydrogens (tertiary/aromatic N) is 2. The molecule has 31 heavy (non-hydrogen) atoms. The van der Waals surface area contributed by atoms with Crippen molar-refractivity contribution < 1.29 is 5.11 Å². The smallest absolute Gasteiger partial charge is 0.0988 e. The Labute approximate surface area is 193 Å². The van der Waals surface area contributed by atoms with E-state index in [0.717, 1.165) is 52.5 Å². The number of aromatic nitrogens is 1. The first-order valence-corrected chi connectivity index (χ1v) is 11.7. The summed E-state index contributed by atoms with van der Waals surface area (Å²) in [5, 5.41) is 12.6. The topological polar surface area (TPSA) is 36.4 Å². The number of hydrogen-bond acceptors (Lipinski definition) is 3. The van der Waals surface area contributed by atoms with Crippen LogP contribution in [0, 0.1) is 5.92 Å². The van der Waals surface area contributed by atoms with Gasteiger partial charge in [-0.05, 0) is 67.0 Å². The first-order chi connectivity index (χ1) is 15.1. The van der Waals surface area contributed by atoms with E-state index in [1.54, 1.807) is 6.20 Å². The van der Waals surface area contributed by atoms with Gasteiger partial charge in [0.15, 0.2) is 0 Å². The molecule has 0 radical (unpaired) electrons. The molecule has 0 saturated carbocycles. The molecule has 3 atom stereocenters. The fraction of sp³-hybridized carbons (Fsp3) is 0.346. The molecule has 160 valence electrons. The number of rotatable bonds is 5. The molecule has 5 rings (SSSR count). The molecule has 3 nitrogen and oxygen atoms in total. The minimum absolute atomic E-state index is 0.00726. The Morgan fingerprint density at radius 3 is 1.87 bits per heavy atom. The third-order valence-corrected chi connectivity index (χ3v) is 7.65. The summed E-state index contributed by atoms with van der Waals surface area (Å²) in [6.07, 6.45) is 5.38. The molecule has 0 amide bonds. The molecule has 2 bridgehead atoms. The van der Waals surface area contributed by atoms with E-state index < -0.39 is 6.10 Å². The Bertz CT molecular complexity index is 985. The van der Waals surface area contributed by atoms with Gasteiger partial charge in [-0.15, -0.1) is 0 Å². The monoisotopic (exact) mass is 452 g/mol. The Kier molecular flexibility index (Phi) is 6.03. The third kappa shape index (κ3) is 4.01. The number of halogens is 2. The lowest BCUT2D eigenvalue weighted by Crippen LogP contribution is -2.46. The minimum atomic E-state index is -0.523. The average Bonchev–Trinajstić information content (AvgIpc) is 3.04. The van der Waals surface area contributed by atoms with E-state index in [0.29, 0.717) is 12.1 Å². The molecule has 2 aliphatic rings. The lowest BCUT2D eigenvalue weighted by atomic mass is 9.82. The van der Waals surface area contributed by atoms with E-state index in [2.05, 4.69) is 22.0 Å². The second kappa shape index (κ2) is 8.91. The van der Waals surface area contributed by atoms with Gasteiger partial charge in [0.1, 0.15) is 0 Å². The zero-order valence-electron chi connectivity index (χ0n) is 17.2. The number of piperidine rings is 1. The molecule has 2 fully saturated rings. The molecule has 3 aromatic rings. The first-order valence-electron chi connectivity index (χ1n) is 11.0. The van der Waals surface area contributed by atoms with Gasteiger partial charge in [0.2, 0.25) is 0 Å². The highest BCUT2D eigenvalue weighted by atomic mass is 35.5. The van der Waals surface area contributed by atoms with Gasteiger partial charge in [-0.25, -0.2) is 0 Å². The first kappa shape index (κ1) is 21.0. The van der Waals surface area contributed by atoms with Gasteiger partial charge in [-0.1, -0.05) is 65.7 Å². The lowest BCUT2D eigenvalue weighted by molar-refractivity contribution is 0.00956. The number of aliphatic hydroxyl groups is 1. The van der Waals surface area contributed by atoms with Gasteiger partial charge >= 0.3 is 0 Å². The van der Waals surface area contributed by atoms with Crippen LogP contribution < -0.4 is 0 Å². The number of benzene rings is 2. The van der Waals surface area contributed by atoms with Crippen LogP contribution in [0.4, 0.5) is 0 Å². The molecular formula is C26H26Cl2N2O. The number of hydrogen-bond donors (Lipinski definition) is 1. The van der Waals surface area contributed by atoms with Crippen molar-refractivity contribution in [3.8, 4) is 0 Å². The van der Waals surface area contributed by atoms with Crippen LogP contribution >= 0.6 is 23.2 Å². The van der Waals surface area contributed by atoms with Crippen LogP contribution in [0.15, 0.2) is 72.9 Å². The second-order valence-electron chi connectivity index (χ2n) is 8.71. The van der Waals surface area contributed by atoms with Gasteiger partial charge in [-0.3, -0.25) is 9.88 Å². The minimum Gasteiger partial charge on any atom is -0.387 e. The van der Waals surface area contributed by atoms with Crippen molar-refractivity contribution in [3.05, 3.63) is 99.8 Å². The van der Waals surface area contributed by atoms with E-state index in [1.807, 2.05) is 54.6 Å². The summed E-state index contributed by atoms with van der Waals surface area (Å²) in [5.41, 5.74) is 2.96. The van der Waals surface area contributed by atoms with Crippen LogP contribution in [0.5, 0.6) is 0 Å². The number of fused-ring (bicyclic) bond motifs is 2. The summed E-state index contributed by atoms with van der Waals surface area (Å²) >= 11 is 13.4. The highest BCUT2D eigenvalue weighted by molar-refractivity contribution is 6.32. The van der Waals surface area contributed by atoms with Crippen molar-refractivity contribution in [2.45, 2.75) is 49.9 Å². The van der Waals surface area contributed by atoms with E-state index >= 15 is 0 Å². The van der Waals surface area contributed by atoms with Gasteiger partial charge in [0, 0.05) is 28.3 Å². The van der Waals surface area contributed by atoms with Crippen LogP contribution in [-0.4, -0.2) is 27.1 Å². The van der Waals surface area contributed by atoms with Gasteiger partial charge < -0.3 is 5.11 Å². The molecule has 3 unspecified atom stereocenters. The number of aliphatic hydroxyl groups excluding tert-OH is 1. The van der Waals surface area contributed by atoms with Crippen molar-refractivity contribution in [3.63, 3.8) is 0 Å². The molecule has 1 aromatic heterocycles. The number of pyridine rings is 1. The molecule has 3 heterocycles. The van der Waals surface area contributed by atoms with Crippen LogP contribution in [-0.2, 0) is 0 Å². The van der Waals surface area contributed by atoms with Crippen molar-refractivity contribution in [1.29, 1.82) is 0 Å². The van der Waals surface area contributed by atoms with Gasteiger partial charge in [-0.2, -0.15) is 0 Å². The van der Waals surface area contributed by atoms with E-state index in [-0.39, 0.29) is 12.0 Å². The summed E-state index contributed by atoms with van der Waals surface area (Å²) in [6.45, 7) is 0. The van der Waals surface area contributed by atoms with E-state index in [4.69, 9.17) is 23.2 Å². The molecule has 1 N–H and O–H groups in total. The molecule has 0 aliphatic carbocycles. The Morgan fingerprint density at radius 2 is 1.35 bits per heavy atom. The molecule has 2 aliphatic heterocycles. The summed E-state index contributed by atoms with van der Waals surface area (Å²) < 4.78 is 0. The zero-order chi connectivity index (χ0) is 21.4. The average molecular weight is 453 g/mol. The Balaban J connectivity index is 1.49. The van der Waals surface area contributed by atoms with Crippen molar-refractivity contribution in [2.75, 3.05) is 0 Å². The standard InChI is InChI=1S/C26H26Cl2N2O/c27-22-9-3-1-7-20(22)25(21-8-2-4-10-23(21)28)30-18-12-13-19(30)16-17(15-18)26(31)24-11-5-6-14-29-24/h1-11,14,17-19,25-26,31H,12-13,15-16H2. The largest absolute Gasteiger partial charge is 0.387 e. The highest BCUT2D eigenvalue weighted by Crippen LogP contribution is 2.50. The molecule has 5 heteroatoms. The Morgan fingerprint density at radius 1 is 0.806 bits per heavy atom. The fourth-order valence-electron chi connectivity index (χ4n) is 5.61. The normalized spacial score (nSPS) is 24.5. The maximum Gasteiger partial charge on any atom is 0.0988 e. The maximum absolute atomic E-state index is 11.0. The summed E-state index contributed by atoms with van der Waals surface area (Å²) in [6, 6.07) is 22.7. The van der Waals surface area contributed by atoms with Crippen LogP contribution in [0.3, 0.4) is 0 Å². The lowest BCUT2D eigenvalue weighted by Gasteiger charge is -2.45. The second-order valence-corrected chi connectivity index (χ2v) is 9.52. The van der Waals surface area contributed by atoms with Crippen LogP contribution in [0.25, 0.3) is 0 Å². The fourth-order valence-corrected chi connectivity index (χ4v) is 6.09. The summed E-state index contributed by atoms with van der Waals surface area (Å²) in [4.78, 5) is 7.01. The maximum atomic E-state index is 11.0. The predicted molar refractivity (Wildman–Crippen MR) is 125 cm³/mol. The van der Waals surface area contributed by atoms with Crippen LogP contribution in [0.1, 0.15) is 54.6 Å². The Hall–Kier alpha value is -1.91. The van der Waals surface area contributed by atoms with Gasteiger partial charge in [0.25, 0.3) is 0 Å². The van der Waals surface area contributed by atoms with Crippen LogP contribution in [0.2, 0.25) is 10.0 Å².